The molecule has 1 atom stereocenters. The zero-order valence-corrected chi connectivity index (χ0v) is 11.5. The van der Waals surface area contributed by atoms with Crippen LogP contribution in [-0.2, 0) is 9.53 Å². The van der Waals surface area contributed by atoms with Crippen LogP contribution in [0.2, 0.25) is 5.02 Å². The van der Waals surface area contributed by atoms with Crippen molar-refractivity contribution >= 4 is 23.3 Å². The van der Waals surface area contributed by atoms with Crippen LogP contribution in [0.4, 0.5) is 5.69 Å². The molecule has 4 nitrogen and oxygen atoms in total. The van der Waals surface area contributed by atoms with Crippen molar-refractivity contribution in [1.82, 2.24) is 0 Å². The van der Waals surface area contributed by atoms with Crippen LogP contribution in [0.15, 0.2) is 18.2 Å². The summed E-state index contributed by atoms with van der Waals surface area (Å²) < 4.78 is 4.80. The minimum Gasteiger partial charge on any atom is -0.469 e. The first-order chi connectivity index (χ1) is 9.15. The summed E-state index contributed by atoms with van der Waals surface area (Å²) in [6.45, 7) is 1.39. The van der Waals surface area contributed by atoms with Crippen LogP contribution < -0.4 is 4.90 Å². The van der Waals surface area contributed by atoms with Gasteiger partial charge in [0, 0.05) is 18.1 Å². The molecule has 1 saturated heterocycles. The van der Waals surface area contributed by atoms with Gasteiger partial charge in [-0.05, 0) is 31.0 Å². The molecule has 1 aliphatic rings. The monoisotopic (exact) mass is 278 g/mol. The predicted molar refractivity (Wildman–Crippen MR) is 73.1 cm³/mol. The van der Waals surface area contributed by atoms with E-state index in [1.54, 1.807) is 18.2 Å². The second kappa shape index (κ2) is 5.94. The van der Waals surface area contributed by atoms with Gasteiger partial charge < -0.3 is 9.64 Å². The van der Waals surface area contributed by atoms with Crippen molar-refractivity contribution in [3.05, 3.63) is 28.8 Å². The van der Waals surface area contributed by atoms with Crippen LogP contribution in [0.1, 0.15) is 18.4 Å². The molecule has 0 spiro atoms. The van der Waals surface area contributed by atoms with Gasteiger partial charge in [-0.15, -0.1) is 0 Å². The van der Waals surface area contributed by atoms with Crippen molar-refractivity contribution in [3.63, 3.8) is 0 Å². The standard InChI is InChI=1S/C14H15ClN2O2/c1-19-14(18)11-3-2-6-17(9-11)13-7-12(15)5-4-10(13)8-16/h4-5,7,11H,2-3,6,9H2,1H3/t11-/m0/s1. The molecule has 0 aromatic heterocycles. The Morgan fingerprint density at radius 1 is 1.58 bits per heavy atom. The molecule has 0 amide bonds. The second-order valence-electron chi connectivity index (χ2n) is 4.58. The van der Waals surface area contributed by atoms with Crippen LogP contribution in [0.3, 0.4) is 0 Å². The van der Waals surface area contributed by atoms with Gasteiger partial charge in [-0.1, -0.05) is 11.6 Å². The first-order valence-electron chi connectivity index (χ1n) is 6.18. The Balaban J connectivity index is 2.24. The van der Waals surface area contributed by atoms with E-state index in [2.05, 4.69) is 6.07 Å². The number of methoxy groups -OCH3 is 1. The normalized spacial score (nSPS) is 18.8. The molecule has 0 bridgehead atoms. The van der Waals surface area contributed by atoms with Crippen molar-refractivity contribution in [2.45, 2.75) is 12.8 Å². The molecule has 0 N–H and O–H groups in total. The largest absolute Gasteiger partial charge is 0.469 e. The first-order valence-corrected chi connectivity index (χ1v) is 6.56. The third kappa shape index (κ3) is 2.99. The molecule has 0 radical (unpaired) electrons. The fraction of sp³-hybridized carbons (Fsp3) is 0.429. The molecular weight excluding hydrogens is 264 g/mol. The summed E-state index contributed by atoms with van der Waals surface area (Å²) >= 11 is 5.99. The molecule has 1 aliphatic heterocycles. The topological polar surface area (TPSA) is 53.3 Å². The summed E-state index contributed by atoms with van der Waals surface area (Å²) in [5.41, 5.74) is 1.37. The third-order valence-corrected chi connectivity index (χ3v) is 3.61. The zero-order valence-electron chi connectivity index (χ0n) is 10.7. The van der Waals surface area contributed by atoms with Crippen molar-refractivity contribution in [2.75, 3.05) is 25.1 Å². The summed E-state index contributed by atoms with van der Waals surface area (Å²) in [6, 6.07) is 7.35. The highest BCUT2D eigenvalue weighted by Crippen LogP contribution is 2.29. The van der Waals surface area contributed by atoms with Crippen LogP contribution >= 0.6 is 11.6 Å². The summed E-state index contributed by atoms with van der Waals surface area (Å²) in [4.78, 5) is 13.7. The number of halogens is 1. The van der Waals surface area contributed by atoms with Crippen LogP contribution in [0.25, 0.3) is 0 Å². The summed E-state index contributed by atoms with van der Waals surface area (Å²) in [7, 11) is 1.40. The lowest BCUT2D eigenvalue weighted by Gasteiger charge is -2.33. The fourth-order valence-corrected chi connectivity index (χ4v) is 2.58. The molecule has 1 aromatic rings. The number of anilines is 1. The van der Waals surface area contributed by atoms with E-state index in [-0.39, 0.29) is 11.9 Å². The van der Waals surface area contributed by atoms with Gasteiger partial charge in [0.2, 0.25) is 0 Å². The van der Waals surface area contributed by atoms with E-state index in [0.29, 0.717) is 17.1 Å². The maximum Gasteiger partial charge on any atom is 0.310 e. The fourth-order valence-electron chi connectivity index (χ4n) is 2.42. The molecule has 1 heterocycles. The number of esters is 1. The summed E-state index contributed by atoms with van der Waals surface area (Å²) in [5, 5.41) is 9.74. The van der Waals surface area contributed by atoms with E-state index in [1.807, 2.05) is 4.90 Å². The van der Waals surface area contributed by atoms with E-state index in [1.165, 1.54) is 7.11 Å². The molecule has 0 aliphatic carbocycles. The maximum atomic E-state index is 11.6. The van der Waals surface area contributed by atoms with Gasteiger partial charge in [-0.2, -0.15) is 5.26 Å². The van der Waals surface area contributed by atoms with Gasteiger partial charge in [-0.25, -0.2) is 0 Å². The molecule has 1 aromatic carbocycles. The molecule has 19 heavy (non-hydrogen) atoms. The van der Waals surface area contributed by atoms with Crippen molar-refractivity contribution in [1.29, 1.82) is 5.26 Å². The average molecular weight is 279 g/mol. The molecule has 5 heteroatoms. The lowest BCUT2D eigenvalue weighted by atomic mass is 9.97. The Labute approximate surface area is 117 Å². The lowest BCUT2D eigenvalue weighted by Crippen LogP contribution is -2.39. The Morgan fingerprint density at radius 2 is 2.37 bits per heavy atom. The van der Waals surface area contributed by atoms with E-state index < -0.39 is 0 Å². The number of nitriles is 1. The number of ether oxygens (including phenoxy) is 1. The van der Waals surface area contributed by atoms with E-state index in [9.17, 15) is 4.79 Å². The highest BCUT2D eigenvalue weighted by molar-refractivity contribution is 6.30. The minimum absolute atomic E-state index is 0.135. The van der Waals surface area contributed by atoms with Crippen molar-refractivity contribution in [2.24, 2.45) is 5.92 Å². The van der Waals surface area contributed by atoms with Crippen LogP contribution in [0, 0.1) is 17.2 Å². The zero-order chi connectivity index (χ0) is 13.8. The predicted octanol–water partition coefficient (Wildman–Crippen LogP) is 2.60. The molecule has 0 saturated carbocycles. The van der Waals surface area contributed by atoms with Crippen molar-refractivity contribution in [3.8, 4) is 6.07 Å². The number of nitrogens with zero attached hydrogens (tertiary/aromatic N) is 2. The van der Waals surface area contributed by atoms with E-state index in [4.69, 9.17) is 21.6 Å². The number of carbonyl (C=O) groups is 1. The lowest BCUT2D eigenvalue weighted by molar-refractivity contribution is -0.145. The van der Waals surface area contributed by atoms with E-state index in [0.717, 1.165) is 25.1 Å². The van der Waals surface area contributed by atoms with Gasteiger partial charge in [0.25, 0.3) is 0 Å². The molecule has 0 unspecified atom stereocenters. The first kappa shape index (κ1) is 13.7. The van der Waals surface area contributed by atoms with Gasteiger partial charge in [0.05, 0.1) is 24.3 Å². The van der Waals surface area contributed by atoms with Crippen LogP contribution in [-0.4, -0.2) is 26.2 Å². The van der Waals surface area contributed by atoms with Gasteiger partial charge in [-0.3, -0.25) is 4.79 Å². The maximum absolute atomic E-state index is 11.6. The quantitative estimate of drug-likeness (QED) is 0.780. The molecule has 100 valence electrons. The minimum atomic E-state index is -0.190. The smallest absolute Gasteiger partial charge is 0.310 e. The summed E-state index contributed by atoms with van der Waals surface area (Å²) in [5.74, 6) is -0.325. The molecule has 2 rings (SSSR count). The second-order valence-corrected chi connectivity index (χ2v) is 5.02. The summed E-state index contributed by atoms with van der Waals surface area (Å²) in [6.07, 6.45) is 1.72. The van der Waals surface area contributed by atoms with Gasteiger partial charge >= 0.3 is 5.97 Å². The van der Waals surface area contributed by atoms with Crippen LogP contribution in [0.5, 0.6) is 0 Å². The molecule has 1 fully saturated rings. The van der Waals surface area contributed by atoms with E-state index >= 15 is 0 Å². The van der Waals surface area contributed by atoms with Gasteiger partial charge in [0.1, 0.15) is 6.07 Å². The highest BCUT2D eigenvalue weighted by atomic mass is 35.5. The Hall–Kier alpha value is -1.73. The number of benzene rings is 1. The molecular formula is C14H15ClN2O2. The number of hydrogen-bond acceptors (Lipinski definition) is 4. The Morgan fingerprint density at radius 3 is 3.05 bits per heavy atom. The SMILES string of the molecule is COC(=O)[C@H]1CCCN(c2cc(Cl)ccc2C#N)C1. The van der Waals surface area contributed by atoms with Gasteiger partial charge in [0.15, 0.2) is 0 Å². The third-order valence-electron chi connectivity index (χ3n) is 3.38. The number of piperidine rings is 1. The number of rotatable bonds is 2. The van der Waals surface area contributed by atoms with Crippen molar-refractivity contribution < 1.29 is 9.53 Å². The Bertz CT molecular complexity index is 525. The highest BCUT2D eigenvalue weighted by Gasteiger charge is 2.27. The Kier molecular flexibility index (Phi) is 4.28. The average Bonchev–Trinajstić information content (AvgIpc) is 2.46. The number of carbonyl (C=O) groups excluding carboxylic acids is 1. The number of hydrogen-bond donors (Lipinski definition) is 0.